The molecule has 1 N–H and O–H groups in total. The number of aromatic amines is 1. The van der Waals surface area contributed by atoms with E-state index in [2.05, 4.69) is 4.98 Å². The number of methoxy groups -OCH3 is 1. The molecule has 0 amide bonds. The van der Waals surface area contributed by atoms with Gasteiger partial charge in [-0.25, -0.2) is 12.7 Å². The number of hydrogen-bond acceptors (Lipinski definition) is 3. The molecule has 3 rings (SSSR count). The fraction of sp³-hybridized carbons (Fsp3) is 0.263. The van der Waals surface area contributed by atoms with Gasteiger partial charge in [-0.05, 0) is 42.7 Å². The smallest absolute Gasteiger partial charge is 0.246 e. The minimum atomic E-state index is -3.61. The van der Waals surface area contributed by atoms with Gasteiger partial charge in [0.05, 0.1) is 7.11 Å². The van der Waals surface area contributed by atoms with Crippen molar-refractivity contribution in [3.8, 4) is 5.75 Å². The number of para-hydroxylation sites is 1. The van der Waals surface area contributed by atoms with Crippen LogP contribution in [0.1, 0.15) is 11.1 Å². The molecular weight excluding hydrogens is 336 g/mol. The lowest BCUT2D eigenvalue weighted by molar-refractivity contribution is 0.398. The normalized spacial score (nSPS) is 12.0. The summed E-state index contributed by atoms with van der Waals surface area (Å²) < 4.78 is 32.5. The summed E-state index contributed by atoms with van der Waals surface area (Å²) in [4.78, 5) is 3.43. The van der Waals surface area contributed by atoms with Crippen LogP contribution in [0.4, 0.5) is 0 Å². The summed E-state index contributed by atoms with van der Waals surface area (Å²) >= 11 is 0. The van der Waals surface area contributed by atoms with Crippen LogP contribution in [0.3, 0.4) is 0 Å². The first-order valence-corrected chi connectivity index (χ1v) is 9.53. The van der Waals surface area contributed by atoms with Gasteiger partial charge in [-0.2, -0.15) is 0 Å². The molecule has 1 heterocycles. The Morgan fingerprint density at radius 3 is 2.68 bits per heavy atom. The third kappa shape index (κ3) is 3.41. The van der Waals surface area contributed by atoms with Gasteiger partial charge in [0.1, 0.15) is 10.6 Å². The van der Waals surface area contributed by atoms with Crippen LogP contribution in [0.25, 0.3) is 10.9 Å². The van der Waals surface area contributed by atoms with Crippen molar-refractivity contribution in [2.45, 2.75) is 18.2 Å². The number of rotatable bonds is 6. The van der Waals surface area contributed by atoms with Crippen LogP contribution in [0, 0.1) is 6.92 Å². The van der Waals surface area contributed by atoms with Gasteiger partial charge in [0.25, 0.3) is 0 Å². The number of likely N-dealkylation sites (N-methyl/N-ethyl adjacent to an activating group) is 1. The monoisotopic (exact) mass is 358 g/mol. The molecule has 0 unspecified atom stereocenters. The van der Waals surface area contributed by atoms with Crippen molar-refractivity contribution in [2.75, 3.05) is 20.7 Å². The number of aromatic nitrogens is 1. The molecule has 25 heavy (non-hydrogen) atoms. The molecule has 0 bridgehead atoms. The number of benzene rings is 2. The average Bonchev–Trinajstić information content (AvgIpc) is 3.02. The van der Waals surface area contributed by atoms with Crippen LogP contribution in [-0.2, 0) is 16.4 Å². The molecule has 0 aliphatic heterocycles. The summed E-state index contributed by atoms with van der Waals surface area (Å²) in [6, 6.07) is 13.2. The number of aryl methyl sites for hydroxylation is 1. The van der Waals surface area contributed by atoms with Crippen LogP contribution in [0.5, 0.6) is 5.75 Å². The first-order chi connectivity index (χ1) is 11.9. The summed E-state index contributed by atoms with van der Waals surface area (Å²) in [5.74, 6) is 0.365. The first kappa shape index (κ1) is 17.5. The molecule has 5 nitrogen and oxygen atoms in total. The Morgan fingerprint density at radius 2 is 1.92 bits per heavy atom. The van der Waals surface area contributed by atoms with E-state index in [9.17, 15) is 8.42 Å². The lowest BCUT2D eigenvalue weighted by Gasteiger charge is -2.19. The van der Waals surface area contributed by atoms with E-state index >= 15 is 0 Å². The van der Waals surface area contributed by atoms with E-state index in [4.69, 9.17) is 4.74 Å². The molecule has 2 aromatic carbocycles. The zero-order valence-electron chi connectivity index (χ0n) is 14.6. The molecule has 0 atom stereocenters. The topological polar surface area (TPSA) is 62.4 Å². The lowest BCUT2D eigenvalue weighted by Crippen LogP contribution is -2.29. The van der Waals surface area contributed by atoms with Gasteiger partial charge in [-0.1, -0.05) is 24.3 Å². The van der Waals surface area contributed by atoms with E-state index in [1.807, 2.05) is 43.5 Å². The van der Waals surface area contributed by atoms with Crippen molar-refractivity contribution in [3.05, 3.63) is 59.8 Å². The maximum absolute atomic E-state index is 12.9. The number of hydrogen-bond donors (Lipinski definition) is 1. The first-order valence-electron chi connectivity index (χ1n) is 8.09. The average molecular weight is 358 g/mol. The Hall–Kier alpha value is -2.31. The highest BCUT2D eigenvalue weighted by atomic mass is 32.2. The van der Waals surface area contributed by atoms with Gasteiger partial charge >= 0.3 is 0 Å². The molecule has 0 saturated carbocycles. The van der Waals surface area contributed by atoms with E-state index in [0.29, 0.717) is 18.7 Å². The summed E-state index contributed by atoms with van der Waals surface area (Å²) in [6.45, 7) is 2.26. The maximum atomic E-state index is 12.9. The number of nitrogens with zero attached hydrogens (tertiary/aromatic N) is 1. The molecule has 0 aliphatic carbocycles. The molecule has 0 radical (unpaired) electrons. The van der Waals surface area contributed by atoms with Gasteiger partial charge < -0.3 is 9.72 Å². The van der Waals surface area contributed by atoms with Gasteiger partial charge in [0.15, 0.2) is 0 Å². The standard InChI is InChI=1S/C19H22N2O3S/c1-14-8-9-18(24-3)19(12-14)25(22,23)21(2)11-10-15-13-20-17-7-5-4-6-16(15)17/h4-9,12-13,20H,10-11H2,1-3H3. The minimum absolute atomic E-state index is 0.205. The fourth-order valence-electron chi connectivity index (χ4n) is 2.89. The number of fused-ring (bicyclic) bond motifs is 1. The van der Waals surface area contributed by atoms with Crippen LogP contribution < -0.4 is 4.74 Å². The Balaban J connectivity index is 1.83. The van der Waals surface area contributed by atoms with Gasteiger partial charge in [-0.3, -0.25) is 0 Å². The molecule has 1 aromatic heterocycles. The molecule has 6 heteroatoms. The molecule has 132 valence electrons. The van der Waals surface area contributed by atoms with Gasteiger partial charge in [-0.15, -0.1) is 0 Å². The predicted octanol–water partition coefficient (Wildman–Crippen LogP) is 3.35. The molecule has 0 saturated heterocycles. The van der Waals surface area contributed by atoms with Crippen molar-refractivity contribution in [1.29, 1.82) is 0 Å². The molecule has 0 fully saturated rings. The van der Waals surface area contributed by atoms with Crippen molar-refractivity contribution in [2.24, 2.45) is 0 Å². The highest BCUT2D eigenvalue weighted by Gasteiger charge is 2.25. The Bertz CT molecular complexity index is 993. The Kier molecular flexibility index (Phi) is 4.83. The number of ether oxygens (including phenoxy) is 1. The van der Waals surface area contributed by atoms with E-state index in [-0.39, 0.29) is 4.90 Å². The fourth-order valence-corrected chi connectivity index (χ4v) is 4.30. The Labute approximate surface area is 148 Å². The number of H-pyrrole nitrogens is 1. The summed E-state index contributed by atoms with van der Waals surface area (Å²) in [5.41, 5.74) is 3.04. The summed E-state index contributed by atoms with van der Waals surface area (Å²) in [7, 11) is -0.528. The summed E-state index contributed by atoms with van der Waals surface area (Å²) in [5, 5.41) is 1.13. The lowest BCUT2D eigenvalue weighted by atomic mass is 10.1. The van der Waals surface area contributed by atoms with Crippen molar-refractivity contribution in [3.63, 3.8) is 0 Å². The van der Waals surface area contributed by atoms with Crippen LogP contribution >= 0.6 is 0 Å². The minimum Gasteiger partial charge on any atom is -0.495 e. The van der Waals surface area contributed by atoms with Crippen molar-refractivity contribution >= 4 is 20.9 Å². The third-order valence-corrected chi connectivity index (χ3v) is 6.26. The highest BCUT2D eigenvalue weighted by Crippen LogP contribution is 2.27. The zero-order chi connectivity index (χ0) is 18.0. The summed E-state index contributed by atoms with van der Waals surface area (Å²) in [6.07, 6.45) is 2.58. The molecule has 3 aromatic rings. The second-order valence-corrected chi connectivity index (χ2v) is 8.10. The van der Waals surface area contributed by atoms with Gasteiger partial charge in [0, 0.05) is 30.7 Å². The van der Waals surface area contributed by atoms with E-state index < -0.39 is 10.0 Å². The van der Waals surface area contributed by atoms with E-state index in [1.54, 1.807) is 19.2 Å². The molecule has 0 spiro atoms. The number of sulfonamides is 1. The van der Waals surface area contributed by atoms with Gasteiger partial charge in [0.2, 0.25) is 10.0 Å². The molecule has 0 aliphatic rings. The largest absolute Gasteiger partial charge is 0.495 e. The number of nitrogens with one attached hydrogen (secondary N) is 1. The predicted molar refractivity (Wildman–Crippen MR) is 99.5 cm³/mol. The van der Waals surface area contributed by atoms with Crippen LogP contribution in [0.2, 0.25) is 0 Å². The third-order valence-electron chi connectivity index (χ3n) is 4.38. The molecular formula is C19H22N2O3S. The van der Waals surface area contributed by atoms with Crippen molar-refractivity contribution in [1.82, 2.24) is 9.29 Å². The maximum Gasteiger partial charge on any atom is 0.246 e. The van der Waals surface area contributed by atoms with Crippen LogP contribution in [-0.4, -0.2) is 38.4 Å². The second-order valence-electron chi connectivity index (χ2n) is 6.09. The Morgan fingerprint density at radius 1 is 1.16 bits per heavy atom. The SMILES string of the molecule is COc1ccc(C)cc1S(=O)(=O)N(C)CCc1c[nH]c2ccccc12. The highest BCUT2D eigenvalue weighted by molar-refractivity contribution is 7.89. The zero-order valence-corrected chi connectivity index (χ0v) is 15.4. The van der Waals surface area contributed by atoms with Crippen molar-refractivity contribution < 1.29 is 13.2 Å². The van der Waals surface area contributed by atoms with Crippen LogP contribution in [0.15, 0.2) is 53.6 Å². The van der Waals surface area contributed by atoms with E-state index in [0.717, 1.165) is 22.0 Å². The van der Waals surface area contributed by atoms with E-state index in [1.165, 1.54) is 11.4 Å². The second kappa shape index (κ2) is 6.90. The quantitative estimate of drug-likeness (QED) is 0.735.